The van der Waals surface area contributed by atoms with Crippen LogP contribution in [0, 0.1) is 6.92 Å². The molecule has 0 bridgehead atoms. The lowest BCUT2D eigenvalue weighted by Crippen LogP contribution is -2.37. The van der Waals surface area contributed by atoms with E-state index in [1.807, 2.05) is 25.1 Å². The first-order chi connectivity index (χ1) is 8.52. The number of hydrogen-bond acceptors (Lipinski definition) is 3. The number of hydrogen-bond donors (Lipinski definition) is 3. The first-order valence-corrected chi connectivity index (χ1v) is 6.30. The first kappa shape index (κ1) is 14.9. The molecule has 0 saturated heterocycles. The second-order valence-corrected chi connectivity index (χ2v) is 4.82. The molecule has 0 radical (unpaired) electrons. The highest BCUT2D eigenvalue weighted by Gasteiger charge is 2.07. The molecule has 18 heavy (non-hydrogen) atoms. The van der Waals surface area contributed by atoms with Crippen LogP contribution < -0.4 is 10.6 Å². The van der Waals surface area contributed by atoms with Gasteiger partial charge in [0, 0.05) is 23.8 Å². The van der Waals surface area contributed by atoms with Crippen molar-refractivity contribution in [1.82, 2.24) is 5.32 Å². The molecule has 0 fully saturated rings. The van der Waals surface area contributed by atoms with Gasteiger partial charge >= 0.3 is 6.03 Å². The Morgan fingerprint density at radius 3 is 2.89 bits per heavy atom. The summed E-state index contributed by atoms with van der Waals surface area (Å²) in [7, 11) is 1.49. The Morgan fingerprint density at radius 1 is 1.56 bits per heavy atom. The highest BCUT2D eigenvalue weighted by atomic mass is 79.9. The third kappa shape index (κ3) is 5.03. The smallest absolute Gasteiger partial charge is 0.319 e. The quantitative estimate of drug-likeness (QED) is 0.777. The maximum Gasteiger partial charge on any atom is 0.319 e. The van der Waals surface area contributed by atoms with Crippen LogP contribution in [0.3, 0.4) is 0 Å². The monoisotopic (exact) mass is 316 g/mol. The molecule has 0 aliphatic carbocycles. The predicted octanol–water partition coefficient (Wildman–Crippen LogP) is 1.89. The van der Waals surface area contributed by atoms with Gasteiger partial charge in [-0.15, -0.1) is 0 Å². The molecule has 1 aromatic rings. The summed E-state index contributed by atoms with van der Waals surface area (Å²) < 4.78 is 5.72. The number of carbonyl (C=O) groups is 1. The van der Waals surface area contributed by atoms with E-state index < -0.39 is 6.10 Å². The van der Waals surface area contributed by atoms with Crippen molar-refractivity contribution >= 4 is 27.6 Å². The average molecular weight is 317 g/mol. The van der Waals surface area contributed by atoms with Crippen molar-refractivity contribution in [2.75, 3.05) is 25.6 Å². The molecule has 0 saturated carbocycles. The number of methoxy groups -OCH3 is 1. The molecular formula is C12H17BrN2O3. The number of rotatable bonds is 5. The minimum Gasteiger partial charge on any atom is -0.389 e. The zero-order chi connectivity index (χ0) is 13.5. The van der Waals surface area contributed by atoms with Gasteiger partial charge in [-0.25, -0.2) is 4.79 Å². The summed E-state index contributed by atoms with van der Waals surface area (Å²) in [6, 6.07) is 5.22. The van der Waals surface area contributed by atoms with E-state index in [0.717, 1.165) is 15.7 Å². The van der Waals surface area contributed by atoms with Gasteiger partial charge in [-0.3, -0.25) is 0 Å². The van der Waals surface area contributed by atoms with E-state index in [2.05, 4.69) is 26.6 Å². The second-order valence-electron chi connectivity index (χ2n) is 3.90. The zero-order valence-corrected chi connectivity index (χ0v) is 12.0. The Hall–Kier alpha value is -1.11. The fourth-order valence-electron chi connectivity index (χ4n) is 1.40. The Labute approximate surface area is 115 Å². The number of urea groups is 1. The number of halogens is 1. The minimum atomic E-state index is -0.702. The summed E-state index contributed by atoms with van der Waals surface area (Å²) in [5.74, 6) is 0. The summed E-state index contributed by atoms with van der Waals surface area (Å²) in [5.41, 5.74) is 1.69. The van der Waals surface area contributed by atoms with Crippen molar-refractivity contribution in [2.24, 2.45) is 0 Å². The minimum absolute atomic E-state index is 0.148. The number of amides is 2. The lowest BCUT2D eigenvalue weighted by Gasteiger charge is -2.13. The summed E-state index contributed by atoms with van der Waals surface area (Å²) in [6.07, 6.45) is -0.702. The number of ether oxygens (including phenoxy) is 1. The van der Waals surface area contributed by atoms with Crippen LogP contribution in [0.4, 0.5) is 10.5 Å². The van der Waals surface area contributed by atoms with Crippen LogP contribution in [0.2, 0.25) is 0 Å². The molecule has 1 aromatic carbocycles. The van der Waals surface area contributed by atoms with Crippen LogP contribution in [0.1, 0.15) is 5.56 Å². The van der Waals surface area contributed by atoms with E-state index in [1.165, 1.54) is 7.11 Å². The Balaban J connectivity index is 2.44. The number of anilines is 1. The van der Waals surface area contributed by atoms with Gasteiger partial charge in [0.2, 0.25) is 0 Å². The molecule has 0 aliphatic rings. The molecule has 0 heterocycles. The van der Waals surface area contributed by atoms with Crippen LogP contribution in [0.25, 0.3) is 0 Å². The standard InChI is InChI=1S/C12H17BrN2O3/c1-8-5-9(13)3-4-11(8)15-12(17)14-6-10(16)7-18-2/h3-5,10,16H,6-7H2,1-2H3,(H2,14,15,17). The van der Waals surface area contributed by atoms with Crippen LogP contribution in [0.15, 0.2) is 22.7 Å². The van der Waals surface area contributed by atoms with Gasteiger partial charge in [0.1, 0.15) is 0 Å². The van der Waals surface area contributed by atoms with Gasteiger partial charge in [-0.2, -0.15) is 0 Å². The van der Waals surface area contributed by atoms with Crippen LogP contribution in [-0.2, 0) is 4.74 Å². The van der Waals surface area contributed by atoms with Crippen molar-refractivity contribution in [3.05, 3.63) is 28.2 Å². The van der Waals surface area contributed by atoms with Gasteiger partial charge in [0.15, 0.2) is 0 Å². The zero-order valence-electron chi connectivity index (χ0n) is 10.4. The topological polar surface area (TPSA) is 70.6 Å². The van der Waals surface area contributed by atoms with Gasteiger partial charge in [-0.05, 0) is 30.7 Å². The predicted molar refractivity (Wildman–Crippen MR) is 73.8 cm³/mol. The van der Waals surface area contributed by atoms with E-state index in [0.29, 0.717) is 0 Å². The van der Waals surface area contributed by atoms with E-state index in [1.54, 1.807) is 0 Å². The number of aryl methyl sites for hydroxylation is 1. The summed E-state index contributed by atoms with van der Waals surface area (Å²) in [4.78, 5) is 11.6. The molecule has 1 rings (SSSR count). The molecule has 100 valence electrons. The molecule has 5 nitrogen and oxygen atoms in total. The van der Waals surface area contributed by atoms with Crippen molar-refractivity contribution in [3.63, 3.8) is 0 Å². The number of nitrogens with one attached hydrogen (secondary N) is 2. The van der Waals surface area contributed by atoms with Crippen molar-refractivity contribution in [2.45, 2.75) is 13.0 Å². The largest absolute Gasteiger partial charge is 0.389 e. The molecule has 0 aromatic heterocycles. The van der Waals surface area contributed by atoms with Crippen molar-refractivity contribution in [1.29, 1.82) is 0 Å². The Kier molecular flexibility index (Phi) is 6.11. The average Bonchev–Trinajstić information content (AvgIpc) is 2.31. The molecule has 1 unspecified atom stereocenters. The molecule has 1 atom stereocenters. The molecule has 6 heteroatoms. The summed E-state index contributed by atoms with van der Waals surface area (Å²) in [5, 5.41) is 14.7. The molecule has 3 N–H and O–H groups in total. The van der Waals surface area contributed by atoms with Crippen molar-refractivity contribution < 1.29 is 14.6 Å². The first-order valence-electron chi connectivity index (χ1n) is 5.51. The molecule has 0 spiro atoms. The van der Waals surface area contributed by atoms with Crippen LogP contribution >= 0.6 is 15.9 Å². The molecule has 0 aliphatic heterocycles. The second kappa shape index (κ2) is 7.35. The van der Waals surface area contributed by atoms with Crippen LogP contribution in [0.5, 0.6) is 0 Å². The molecular weight excluding hydrogens is 300 g/mol. The number of aliphatic hydroxyl groups is 1. The van der Waals surface area contributed by atoms with Gasteiger partial charge in [0.05, 0.1) is 12.7 Å². The van der Waals surface area contributed by atoms with E-state index in [9.17, 15) is 9.90 Å². The fourth-order valence-corrected chi connectivity index (χ4v) is 1.87. The SMILES string of the molecule is COCC(O)CNC(=O)Nc1ccc(Br)cc1C. The third-order valence-electron chi connectivity index (χ3n) is 2.29. The maximum atomic E-state index is 11.6. The molecule has 2 amide bonds. The Morgan fingerprint density at radius 2 is 2.28 bits per heavy atom. The van der Waals surface area contributed by atoms with E-state index in [-0.39, 0.29) is 19.2 Å². The van der Waals surface area contributed by atoms with Gasteiger partial charge < -0.3 is 20.5 Å². The normalized spacial score (nSPS) is 12.0. The Bertz CT molecular complexity index is 412. The lowest BCUT2D eigenvalue weighted by molar-refractivity contribution is 0.0663. The van der Waals surface area contributed by atoms with Gasteiger partial charge in [-0.1, -0.05) is 15.9 Å². The summed E-state index contributed by atoms with van der Waals surface area (Å²) in [6.45, 7) is 2.24. The number of aliphatic hydroxyl groups excluding tert-OH is 1. The fraction of sp³-hybridized carbons (Fsp3) is 0.417. The van der Waals surface area contributed by atoms with E-state index in [4.69, 9.17) is 4.74 Å². The number of benzene rings is 1. The highest BCUT2D eigenvalue weighted by Crippen LogP contribution is 2.19. The maximum absolute atomic E-state index is 11.6. The number of carbonyl (C=O) groups excluding carboxylic acids is 1. The third-order valence-corrected chi connectivity index (χ3v) is 2.79. The van der Waals surface area contributed by atoms with E-state index >= 15 is 0 Å². The van der Waals surface area contributed by atoms with Gasteiger partial charge in [0.25, 0.3) is 0 Å². The lowest BCUT2D eigenvalue weighted by atomic mass is 10.2. The van der Waals surface area contributed by atoms with Crippen molar-refractivity contribution in [3.8, 4) is 0 Å². The van der Waals surface area contributed by atoms with Crippen LogP contribution in [-0.4, -0.2) is 37.5 Å². The summed E-state index contributed by atoms with van der Waals surface area (Å²) >= 11 is 3.35. The highest BCUT2D eigenvalue weighted by molar-refractivity contribution is 9.10.